The van der Waals surface area contributed by atoms with Crippen LogP contribution in [-0.2, 0) is 30.5 Å². The molecule has 23 heavy (non-hydrogen) atoms. The second kappa shape index (κ2) is 8.92. The van der Waals surface area contributed by atoms with E-state index in [0.29, 0.717) is 25.9 Å². The first kappa shape index (κ1) is 17.0. The first-order valence-corrected chi connectivity index (χ1v) is 7.80. The van der Waals surface area contributed by atoms with Crippen LogP contribution in [-0.4, -0.2) is 30.5 Å². The smallest absolute Gasteiger partial charge is 0.328 e. The van der Waals surface area contributed by atoms with Crippen molar-refractivity contribution in [2.24, 2.45) is 0 Å². The lowest BCUT2D eigenvalue weighted by molar-refractivity contribution is -0.145. The highest BCUT2D eigenvalue weighted by Crippen LogP contribution is 2.08. The Hall–Kier alpha value is -2.37. The summed E-state index contributed by atoms with van der Waals surface area (Å²) in [6, 6.07) is 8.96. The van der Waals surface area contributed by atoms with Crippen molar-refractivity contribution < 1.29 is 23.9 Å². The molecule has 124 valence electrons. The van der Waals surface area contributed by atoms with Gasteiger partial charge < -0.3 is 14.8 Å². The van der Waals surface area contributed by atoms with Crippen LogP contribution in [0.15, 0.2) is 30.3 Å². The number of cyclic esters (lactones) is 1. The molecule has 1 aliphatic heterocycles. The highest BCUT2D eigenvalue weighted by atomic mass is 16.5. The molecule has 1 aromatic rings. The van der Waals surface area contributed by atoms with Gasteiger partial charge in [0.1, 0.15) is 12.6 Å². The average molecular weight is 319 g/mol. The Morgan fingerprint density at radius 2 is 1.91 bits per heavy atom. The molecule has 1 N–H and O–H groups in total. The fourth-order valence-corrected chi connectivity index (χ4v) is 2.26. The molecule has 0 aromatic heterocycles. The molecule has 1 aliphatic rings. The molecule has 0 aliphatic carbocycles. The SMILES string of the molecule is O=C(CCCCC(=O)OCc1ccccc1)N[C@H]1CCOC1=O. The number of amides is 1. The van der Waals surface area contributed by atoms with Gasteiger partial charge in [-0.2, -0.15) is 0 Å². The van der Waals surface area contributed by atoms with Gasteiger partial charge in [-0.05, 0) is 18.4 Å². The van der Waals surface area contributed by atoms with E-state index in [0.717, 1.165) is 5.56 Å². The highest BCUT2D eigenvalue weighted by molar-refractivity contribution is 5.85. The van der Waals surface area contributed by atoms with Gasteiger partial charge in [0.05, 0.1) is 6.61 Å². The minimum Gasteiger partial charge on any atom is -0.464 e. The van der Waals surface area contributed by atoms with E-state index in [1.807, 2.05) is 30.3 Å². The minimum absolute atomic E-state index is 0.188. The third-order valence-electron chi connectivity index (χ3n) is 3.55. The molecule has 2 rings (SSSR count). The van der Waals surface area contributed by atoms with Gasteiger partial charge in [-0.15, -0.1) is 0 Å². The van der Waals surface area contributed by atoms with E-state index in [1.54, 1.807) is 0 Å². The molecular weight excluding hydrogens is 298 g/mol. The number of hydrogen-bond donors (Lipinski definition) is 1. The fourth-order valence-electron chi connectivity index (χ4n) is 2.26. The van der Waals surface area contributed by atoms with Gasteiger partial charge >= 0.3 is 11.9 Å². The van der Waals surface area contributed by atoms with Gasteiger partial charge in [-0.3, -0.25) is 9.59 Å². The molecule has 6 nitrogen and oxygen atoms in total. The van der Waals surface area contributed by atoms with Crippen LogP contribution >= 0.6 is 0 Å². The van der Waals surface area contributed by atoms with Gasteiger partial charge in [-0.25, -0.2) is 4.79 Å². The van der Waals surface area contributed by atoms with Crippen molar-refractivity contribution in [2.45, 2.75) is 44.8 Å². The molecule has 6 heteroatoms. The molecule has 1 saturated heterocycles. The van der Waals surface area contributed by atoms with Crippen molar-refractivity contribution in [1.82, 2.24) is 5.32 Å². The highest BCUT2D eigenvalue weighted by Gasteiger charge is 2.27. The third kappa shape index (κ3) is 6.10. The Morgan fingerprint density at radius 1 is 1.17 bits per heavy atom. The Balaban J connectivity index is 1.53. The zero-order chi connectivity index (χ0) is 16.5. The van der Waals surface area contributed by atoms with Crippen LogP contribution in [0.25, 0.3) is 0 Å². The summed E-state index contributed by atoms with van der Waals surface area (Å²) < 4.78 is 9.93. The standard InChI is InChI=1S/C17H21NO5/c19-15(18-14-10-11-22-17(14)21)8-4-5-9-16(20)23-12-13-6-2-1-3-7-13/h1-3,6-7,14H,4-5,8-12H2,(H,18,19)/t14-/m0/s1. The molecule has 0 saturated carbocycles. The fraction of sp³-hybridized carbons (Fsp3) is 0.471. The molecule has 1 aromatic carbocycles. The molecule has 0 bridgehead atoms. The van der Waals surface area contributed by atoms with E-state index in [-0.39, 0.29) is 37.3 Å². The van der Waals surface area contributed by atoms with Crippen LogP contribution in [0.2, 0.25) is 0 Å². The second-order valence-electron chi connectivity index (χ2n) is 5.43. The largest absolute Gasteiger partial charge is 0.464 e. The normalized spacial score (nSPS) is 16.7. The topological polar surface area (TPSA) is 81.7 Å². The van der Waals surface area contributed by atoms with Crippen molar-refractivity contribution in [3.05, 3.63) is 35.9 Å². The Labute approximate surface area is 135 Å². The summed E-state index contributed by atoms with van der Waals surface area (Å²) in [7, 11) is 0. The van der Waals surface area contributed by atoms with Crippen LogP contribution in [0.5, 0.6) is 0 Å². The van der Waals surface area contributed by atoms with E-state index >= 15 is 0 Å². The number of carbonyl (C=O) groups is 3. The van der Waals surface area contributed by atoms with Crippen LogP contribution in [0.3, 0.4) is 0 Å². The summed E-state index contributed by atoms with van der Waals surface area (Å²) in [5.74, 6) is -0.831. The molecule has 1 atom stereocenters. The predicted octanol–water partition coefficient (Wildman–Crippen LogP) is 1.72. The van der Waals surface area contributed by atoms with Gasteiger partial charge in [0.2, 0.25) is 5.91 Å². The maximum Gasteiger partial charge on any atom is 0.328 e. The zero-order valence-corrected chi connectivity index (χ0v) is 13.0. The molecule has 1 heterocycles. The Kier molecular flexibility index (Phi) is 6.59. The van der Waals surface area contributed by atoms with E-state index in [1.165, 1.54) is 0 Å². The monoisotopic (exact) mass is 319 g/mol. The summed E-state index contributed by atoms with van der Waals surface area (Å²) >= 11 is 0. The number of ether oxygens (including phenoxy) is 2. The summed E-state index contributed by atoms with van der Waals surface area (Å²) in [5, 5.41) is 2.63. The summed E-state index contributed by atoms with van der Waals surface area (Å²) in [6.45, 7) is 0.626. The first-order chi connectivity index (χ1) is 11.1. The quantitative estimate of drug-likeness (QED) is 0.583. The van der Waals surface area contributed by atoms with Gasteiger partial charge in [0, 0.05) is 19.3 Å². The number of carbonyl (C=O) groups excluding carboxylic acids is 3. The molecule has 0 radical (unpaired) electrons. The lowest BCUT2D eigenvalue weighted by Gasteiger charge is -2.08. The van der Waals surface area contributed by atoms with E-state index in [9.17, 15) is 14.4 Å². The Morgan fingerprint density at radius 3 is 2.61 bits per heavy atom. The summed E-state index contributed by atoms with van der Waals surface area (Å²) in [6.07, 6.45) is 2.25. The molecular formula is C17H21NO5. The molecule has 0 spiro atoms. The van der Waals surface area contributed by atoms with Crippen molar-refractivity contribution in [2.75, 3.05) is 6.61 Å². The van der Waals surface area contributed by atoms with Crippen LogP contribution < -0.4 is 5.32 Å². The number of hydrogen-bond acceptors (Lipinski definition) is 5. The zero-order valence-electron chi connectivity index (χ0n) is 13.0. The Bertz CT molecular complexity index is 543. The number of rotatable bonds is 8. The first-order valence-electron chi connectivity index (χ1n) is 7.80. The van der Waals surface area contributed by atoms with Crippen molar-refractivity contribution in [1.29, 1.82) is 0 Å². The molecule has 0 unspecified atom stereocenters. The summed E-state index contributed by atoms with van der Waals surface area (Å²) in [5.41, 5.74) is 0.948. The number of unbranched alkanes of at least 4 members (excludes halogenated alkanes) is 1. The maximum absolute atomic E-state index is 11.7. The van der Waals surface area contributed by atoms with Crippen LogP contribution in [0.4, 0.5) is 0 Å². The van der Waals surface area contributed by atoms with Crippen molar-refractivity contribution >= 4 is 17.8 Å². The summed E-state index contributed by atoms with van der Waals surface area (Å²) in [4.78, 5) is 34.5. The minimum atomic E-state index is -0.515. The third-order valence-corrected chi connectivity index (χ3v) is 3.55. The lowest BCUT2D eigenvalue weighted by atomic mass is 10.1. The lowest BCUT2D eigenvalue weighted by Crippen LogP contribution is -2.37. The van der Waals surface area contributed by atoms with Crippen molar-refractivity contribution in [3.8, 4) is 0 Å². The second-order valence-corrected chi connectivity index (χ2v) is 5.43. The van der Waals surface area contributed by atoms with E-state index in [4.69, 9.17) is 9.47 Å². The van der Waals surface area contributed by atoms with Crippen LogP contribution in [0.1, 0.15) is 37.7 Å². The van der Waals surface area contributed by atoms with Gasteiger partial charge in [0.25, 0.3) is 0 Å². The molecule has 1 fully saturated rings. The van der Waals surface area contributed by atoms with E-state index < -0.39 is 6.04 Å². The number of esters is 2. The maximum atomic E-state index is 11.7. The van der Waals surface area contributed by atoms with E-state index in [2.05, 4.69) is 5.32 Å². The predicted molar refractivity (Wildman–Crippen MR) is 82.2 cm³/mol. The number of nitrogens with one attached hydrogen (secondary N) is 1. The van der Waals surface area contributed by atoms with Crippen LogP contribution in [0, 0.1) is 0 Å². The average Bonchev–Trinajstić information content (AvgIpc) is 2.95. The van der Waals surface area contributed by atoms with Crippen molar-refractivity contribution in [3.63, 3.8) is 0 Å². The van der Waals surface area contributed by atoms with Gasteiger partial charge in [0.15, 0.2) is 0 Å². The number of benzene rings is 1. The molecule has 1 amide bonds. The van der Waals surface area contributed by atoms with Gasteiger partial charge in [-0.1, -0.05) is 30.3 Å².